The van der Waals surface area contributed by atoms with Crippen molar-refractivity contribution < 1.29 is 18.0 Å². The maximum Gasteiger partial charge on any atom is 0.416 e. The Bertz CT molecular complexity index is 1060. The van der Waals surface area contributed by atoms with E-state index in [0.717, 1.165) is 48.6 Å². The van der Waals surface area contributed by atoms with Gasteiger partial charge in [0.15, 0.2) is 0 Å². The zero-order chi connectivity index (χ0) is 23.4. The van der Waals surface area contributed by atoms with E-state index in [4.69, 9.17) is 0 Å². The fourth-order valence-corrected chi connectivity index (χ4v) is 4.55. The lowest BCUT2D eigenvalue weighted by Crippen LogP contribution is -2.35. The predicted octanol–water partition coefficient (Wildman–Crippen LogP) is 6.18. The van der Waals surface area contributed by atoms with Gasteiger partial charge in [-0.1, -0.05) is 37.6 Å². The van der Waals surface area contributed by atoms with E-state index in [-0.39, 0.29) is 12.1 Å². The summed E-state index contributed by atoms with van der Waals surface area (Å²) < 4.78 is 39.4. The number of alkyl halides is 3. The van der Waals surface area contributed by atoms with Crippen LogP contribution in [0.5, 0.6) is 0 Å². The largest absolute Gasteiger partial charge is 0.416 e. The smallest absolute Gasteiger partial charge is 0.342 e. The van der Waals surface area contributed by atoms with Crippen LogP contribution in [0, 0.1) is 0 Å². The molecule has 2 aromatic carbocycles. The average molecular weight is 459 g/mol. The molecule has 1 N–H and O–H groups in total. The van der Waals surface area contributed by atoms with Gasteiger partial charge >= 0.3 is 12.2 Å². The Hall–Kier alpha value is -3.03. The second-order valence-corrected chi connectivity index (χ2v) is 8.52. The maximum absolute atomic E-state index is 13.1. The van der Waals surface area contributed by atoms with Crippen molar-refractivity contribution in [3.63, 3.8) is 0 Å². The van der Waals surface area contributed by atoms with Gasteiger partial charge in [0, 0.05) is 26.1 Å². The number of fused-ring (bicyclic) bond motifs is 1. The van der Waals surface area contributed by atoms with E-state index < -0.39 is 11.7 Å². The number of urea groups is 1. The second-order valence-electron chi connectivity index (χ2n) is 8.52. The van der Waals surface area contributed by atoms with Crippen LogP contribution in [0.3, 0.4) is 0 Å². The third-order valence-electron chi connectivity index (χ3n) is 6.27. The van der Waals surface area contributed by atoms with Crippen molar-refractivity contribution in [1.82, 2.24) is 19.8 Å². The van der Waals surface area contributed by atoms with Gasteiger partial charge in [0.1, 0.15) is 5.82 Å². The molecular formula is C25H29F3N4O. The fraction of sp³-hybridized carbons (Fsp3) is 0.440. The van der Waals surface area contributed by atoms with Crippen molar-refractivity contribution in [2.24, 2.45) is 0 Å². The van der Waals surface area contributed by atoms with Crippen molar-refractivity contribution in [2.75, 3.05) is 19.6 Å². The number of carbonyl (C=O) groups excluding carboxylic acids is 1. The highest BCUT2D eigenvalue weighted by molar-refractivity contribution is 5.77. The molecule has 1 unspecified atom stereocenters. The van der Waals surface area contributed by atoms with Gasteiger partial charge in [0.05, 0.1) is 22.6 Å². The van der Waals surface area contributed by atoms with Gasteiger partial charge < -0.3 is 14.8 Å². The van der Waals surface area contributed by atoms with Gasteiger partial charge in [-0.3, -0.25) is 0 Å². The van der Waals surface area contributed by atoms with E-state index in [1.54, 1.807) is 11.0 Å². The van der Waals surface area contributed by atoms with Gasteiger partial charge in [-0.25, -0.2) is 9.78 Å². The first-order chi connectivity index (χ1) is 15.9. The highest BCUT2D eigenvalue weighted by atomic mass is 19.4. The fourth-order valence-electron chi connectivity index (χ4n) is 4.55. The number of imidazole rings is 1. The van der Waals surface area contributed by atoms with Crippen LogP contribution in [0.25, 0.3) is 11.0 Å². The van der Waals surface area contributed by atoms with Gasteiger partial charge in [0.2, 0.25) is 0 Å². The Morgan fingerprint density at radius 1 is 1.06 bits per heavy atom. The van der Waals surface area contributed by atoms with Crippen molar-refractivity contribution in [2.45, 2.75) is 51.2 Å². The molecule has 0 bridgehead atoms. The third-order valence-corrected chi connectivity index (χ3v) is 6.27. The van der Waals surface area contributed by atoms with Crippen LogP contribution in [0.15, 0.2) is 48.5 Å². The molecule has 1 saturated heterocycles. The molecule has 8 heteroatoms. The zero-order valence-corrected chi connectivity index (χ0v) is 18.7. The standard InChI is InChI=1S/C25H29F3N4O/c1-2-22(18-9-8-10-19(17-18)25(26,27)28)32-16-15-31(24(32)33)14-7-3-4-13-23-29-20-11-5-6-12-21(20)30-23/h5-6,8-12,17,22H,2-4,7,13-16H2,1H3,(H,29,30). The first kappa shape index (κ1) is 23.1. The molecule has 2 amide bonds. The molecule has 5 nitrogen and oxygen atoms in total. The molecular weight excluding hydrogens is 429 g/mol. The molecule has 3 aromatic rings. The molecule has 0 saturated carbocycles. The molecule has 1 aliphatic heterocycles. The summed E-state index contributed by atoms with van der Waals surface area (Å²) in [5.41, 5.74) is 1.88. The van der Waals surface area contributed by atoms with E-state index in [2.05, 4.69) is 9.97 Å². The van der Waals surface area contributed by atoms with Crippen molar-refractivity contribution in [1.29, 1.82) is 0 Å². The monoisotopic (exact) mass is 458 g/mol. The summed E-state index contributed by atoms with van der Waals surface area (Å²) >= 11 is 0. The molecule has 0 aliphatic carbocycles. The molecule has 1 atom stereocenters. The molecule has 2 heterocycles. The number of H-pyrrole nitrogens is 1. The number of hydrogen-bond donors (Lipinski definition) is 1. The number of halogens is 3. The Morgan fingerprint density at radius 2 is 1.88 bits per heavy atom. The first-order valence-corrected chi connectivity index (χ1v) is 11.5. The van der Waals surface area contributed by atoms with Crippen LogP contribution >= 0.6 is 0 Å². The third kappa shape index (κ3) is 5.31. The lowest BCUT2D eigenvalue weighted by Gasteiger charge is -2.28. The summed E-state index contributed by atoms with van der Waals surface area (Å²) in [4.78, 5) is 24.4. The molecule has 1 aromatic heterocycles. The Morgan fingerprint density at radius 3 is 2.64 bits per heavy atom. The zero-order valence-electron chi connectivity index (χ0n) is 18.7. The number of nitrogens with one attached hydrogen (secondary N) is 1. The van der Waals surface area contributed by atoms with Crippen LogP contribution in [0.2, 0.25) is 0 Å². The van der Waals surface area contributed by atoms with Crippen molar-refractivity contribution in [3.8, 4) is 0 Å². The molecule has 0 radical (unpaired) electrons. The van der Waals surface area contributed by atoms with Crippen molar-refractivity contribution in [3.05, 3.63) is 65.5 Å². The number of nitrogens with zero attached hydrogens (tertiary/aromatic N) is 3. The highest BCUT2D eigenvalue weighted by Gasteiger charge is 2.35. The molecule has 176 valence electrons. The number of aryl methyl sites for hydroxylation is 1. The summed E-state index contributed by atoms with van der Waals surface area (Å²) in [5.74, 6) is 0.978. The van der Waals surface area contributed by atoms with Gasteiger partial charge in [0.25, 0.3) is 0 Å². The summed E-state index contributed by atoms with van der Waals surface area (Å²) in [6, 6.07) is 12.9. The normalized spacial score (nSPS) is 15.6. The molecule has 1 fully saturated rings. The number of carbonyl (C=O) groups is 1. The Labute approximate surface area is 191 Å². The van der Waals surface area contributed by atoms with E-state index in [0.29, 0.717) is 31.6 Å². The lowest BCUT2D eigenvalue weighted by molar-refractivity contribution is -0.137. The van der Waals surface area contributed by atoms with E-state index in [9.17, 15) is 18.0 Å². The summed E-state index contributed by atoms with van der Waals surface area (Å²) in [7, 11) is 0. The Balaban J connectivity index is 1.27. The average Bonchev–Trinajstić information content (AvgIpc) is 3.37. The van der Waals surface area contributed by atoms with Crippen molar-refractivity contribution >= 4 is 17.1 Å². The first-order valence-electron chi connectivity index (χ1n) is 11.5. The summed E-state index contributed by atoms with van der Waals surface area (Å²) in [6.45, 7) is 3.71. The number of rotatable bonds is 9. The second kappa shape index (κ2) is 9.85. The lowest BCUT2D eigenvalue weighted by atomic mass is 10.0. The molecule has 4 rings (SSSR count). The topological polar surface area (TPSA) is 52.2 Å². The number of hydrogen-bond acceptors (Lipinski definition) is 2. The minimum Gasteiger partial charge on any atom is -0.342 e. The van der Waals surface area contributed by atoms with E-state index >= 15 is 0 Å². The van der Waals surface area contributed by atoms with Gasteiger partial charge in [-0.15, -0.1) is 0 Å². The predicted molar refractivity (Wildman–Crippen MR) is 122 cm³/mol. The van der Waals surface area contributed by atoms with Gasteiger partial charge in [-0.2, -0.15) is 13.2 Å². The number of aromatic nitrogens is 2. The van der Waals surface area contributed by atoms with Crippen LogP contribution in [0.4, 0.5) is 18.0 Å². The minimum atomic E-state index is -4.39. The Kier molecular flexibility index (Phi) is 6.91. The SMILES string of the molecule is CCC(c1cccc(C(F)(F)F)c1)N1CCN(CCCCCc2nc3ccccc3[nH]2)C1=O. The van der Waals surface area contributed by atoms with Crippen LogP contribution in [-0.2, 0) is 12.6 Å². The quantitative estimate of drug-likeness (QED) is 0.389. The number of aromatic amines is 1. The molecule has 1 aliphatic rings. The number of benzene rings is 2. The number of amides is 2. The highest BCUT2D eigenvalue weighted by Crippen LogP contribution is 2.34. The van der Waals surface area contributed by atoms with Gasteiger partial charge in [-0.05, 0) is 49.1 Å². The number of para-hydroxylation sites is 2. The summed E-state index contributed by atoms with van der Waals surface area (Å²) in [5, 5.41) is 0. The van der Waals surface area contributed by atoms with E-state index in [1.807, 2.05) is 36.1 Å². The van der Waals surface area contributed by atoms with Crippen LogP contribution in [0.1, 0.15) is 55.6 Å². The number of unbranched alkanes of at least 4 members (excludes halogenated alkanes) is 2. The molecule has 33 heavy (non-hydrogen) atoms. The van der Waals surface area contributed by atoms with Crippen LogP contribution < -0.4 is 0 Å². The van der Waals surface area contributed by atoms with Crippen LogP contribution in [-0.4, -0.2) is 45.4 Å². The summed E-state index contributed by atoms with van der Waals surface area (Å²) in [6.07, 6.45) is -0.114. The maximum atomic E-state index is 13.1. The van der Waals surface area contributed by atoms with E-state index in [1.165, 1.54) is 12.1 Å². The minimum absolute atomic E-state index is 0.0865. The molecule has 0 spiro atoms.